The second-order valence-electron chi connectivity index (χ2n) is 11.1. The van der Waals surface area contributed by atoms with Crippen molar-refractivity contribution in [1.82, 2.24) is 29.7 Å². The Hall–Kier alpha value is -3.18. The van der Waals surface area contributed by atoms with E-state index in [0.29, 0.717) is 32.5 Å². The van der Waals surface area contributed by atoms with Crippen LogP contribution < -0.4 is 0 Å². The quantitative estimate of drug-likeness (QED) is 0.412. The molecule has 11 heteroatoms. The van der Waals surface area contributed by atoms with E-state index in [-0.39, 0.29) is 31.0 Å². The maximum atomic E-state index is 14.5. The SMILES string of the molecule is CN1CC=C[C@]2(C)S[C@]34C=CCN(Cn5nnc6ccccc65)C(=O)C3N(CCCCCO)C(=O)[C@@H]4[C@@H]2C1=O. The molecule has 4 aliphatic rings. The standard InChI is InChI=1S/C28H34N6O4S/c1-27-12-8-14-31(2)24(36)21(27)22-25(37)33(16-6-3-7-17-35)23-26(38)32(15-9-13-28(22,23)39-27)18-34-20-11-5-4-10-19(20)29-30-34/h4-5,8-13,21-23,35H,3,6-7,14-18H2,1-2H3/t21-,22+,23?,27+,28+/m1/s1. The first kappa shape index (κ1) is 26.1. The number of rotatable bonds is 7. The van der Waals surface area contributed by atoms with Gasteiger partial charge in [-0.25, -0.2) is 4.68 Å². The minimum atomic E-state index is -0.859. The van der Waals surface area contributed by atoms with Crippen molar-refractivity contribution in [3.8, 4) is 0 Å². The Morgan fingerprint density at radius 1 is 1.00 bits per heavy atom. The van der Waals surface area contributed by atoms with Crippen LogP contribution >= 0.6 is 11.8 Å². The molecule has 1 unspecified atom stereocenters. The van der Waals surface area contributed by atoms with Gasteiger partial charge in [0.2, 0.25) is 17.7 Å². The number of benzene rings is 1. The van der Waals surface area contributed by atoms with Crippen LogP contribution in [-0.4, -0.2) is 101 Å². The minimum Gasteiger partial charge on any atom is -0.396 e. The zero-order valence-corrected chi connectivity index (χ0v) is 23.1. The molecule has 6 rings (SSSR count). The second kappa shape index (κ2) is 9.78. The number of thioether (sulfide) groups is 1. The largest absolute Gasteiger partial charge is 0.396 e. The van der Waals surface area contributed by atoms with Gasteiger partial charge in [-0.3, -0.25) is 14.4 Å². The molecule has 4 aliphatic heterocycles. The van der Waals surface area contributed by atoms with E-state index in [4.69, 9.17) is 0 Å². The van der Waals surface area contributed by atoms with Gasteiger partial charge in [0.25, 0.3) is 0 Å². The van der Waals surface area contributed by atoms with Gasteiger partial charge in [0.1, 0.15) is 18.2 Å². The topological polar surface area (TPSA) is 112 Å². The molecule has 0 bridgehead atoms. The molecule has 2 fully saturated rings. The molecule has 5 heterocycles. The number of hydrogen-bond donors (Lipinski definition) is 1. The third kappa shape index (κ3) is 4.00. The monoisotopic (exact) mass is 550 g/mol. The lowest BCUT2D eigenvalue weighted by atomic mass is 9.74. The summed E-state index contributed by atoms with van der Waals surface area (Å²) < 4.78 is 0.250. The zero-order valence-electron chi connectivity index (χ0n) is 22.3. The number of fused-ring (bicyclic) bond motifs is 3. The Morgan fingerprint density at radius 3 is 2.62 bits per heavy atom. The summed E-state index contributed by atoms with van der Waals surface area (Å²) in [5, 5.41) is 17.8. The van der Waals surface area contributed by atoms with Crippen LogP contribution in [0, 0.1) is 11.8 Å². The van der Waals surface area contributed by atoms with Crippen molar-refractivity contribution < 1.29 is 19.5 Å². The van der Waals surface area contributed by atoms with Gasteiger partial charge in [0.15, 0.2) is 0 Å². The van der Waals surface area contributed by atoms with Gasteiger partial charge in [0.05, 0.1) is 22.1 Å². The lowest BCUT2D eigenvalue weighted by molar-refractivity contribution is -0.145. The predicted octanol–water partition coefficient (Wildman–Crippen LogP) is 1.67. The molecule has 1 aromatic heterocycles. The van der Waals surface area contributed by atoms with Crippen LogP contribution in [0.3, 0.4) is 0 Å². The molecule has 2 saturated heterocycles. The highest BCUT2D eigenvalue weighted by molar-refractivity contribution is 8.02. The third-order valence-electron chi connectivity index (χ3n) is 8.62. The van der Waals surface area contributed by atoms with Crippen molar-refractivity contribution in [2.75, 3.05) is 33.3 Å². The summed E-state index contributed by atoms with van der Waals surface area (Å²) in [6.45, 7) is 3.61. The first-order valence-electron chi connectivity index (χ1n) is 13.6. The van der Waals surface area contributed by atoms with Gasteiger partial charge in [-0.05, 0) is 38.3 Å². The number of nitrogens with zero attached hydrogens (tertiary/aromatic N) is 6. The van der Waals surface area contributed by atoms with Gasteiger partial charge < -0.3 is 19.8 Å². The number of unbranched alkanes of at least 4 members (excludes halogenated alkanes) is 2. The number of para-hydroxylation sites is 1. The third-order valence-corrected chi connectivity index (χ3v) is 10.4. The van der Waals surface area contributed by atoms with Crippen LogP contribution in [0.5, 0.6) is 0 Å². The fraction of sp³-hybridized carbons (Fsp3) is 0.536. The molecule has 5 atom stereocenters. The number of aromatic nitrogens is 3. The summed E-state index contributed by atoms with van der Waals surface area (Å²) in [7, 11) is 1.77. The highest BCUT2D eigenvalue weighted by atomic mass is 32.2. The van der Waals surface area contributed by atoms with Crippen molar-refractivity contribution in [2.45, 2.75) is 48.4 Å². The first-order chi connectivity index (χ1) is 18.8. The summed E-state index contributed by atoms with van der Waals surface area (Å²) in [6, 6.07) is 6.88. The number of likely N-dealkylation sites (N-methyl/N-ethyl adjacent to an activating group) is 1. The van der Waals surface area contributed by atoms with Crippen molar-refractivity contribution >= 4 is 40.5 Å². The summed E-state index contributed by atoms with van der Waals surface area (Å²) in [6.07, 6.45) is 10.2. The van der Waals surface area contributed by atoms with E-state index in [9.17, 15) is 19.5 Å². The molecule has 206 valence electrons. The average Bonchev–Trinajstić information content (AvgIpc) is 3.45. The minimum absolute atomic E-state index is 0.0536. The van der Waals surface area contributed by atoms with Gasteiger partial charge in [-0.15, -0.1) is 16.9 Å². The Morgan fingerprint density at radius 2 is 1.79 bits per heavy atom. The molecular formula is C28H34N6O4S. The van der Waals surface area contributed by atoms with E-state index < -0.39 is 27.4 Å². The van der Waals surface area contributed by atoms with E-state index in [0.717, 1.165) is 17.5 Å². The van der Waals surface area contributed by atoms with Crippen molar-refractivity contribution in [3.63, 3.8) is 0 Å². The van der Waals surface area contributed by atoms with E-state index >= 15 is 0 Å². The maximum Gasteiger partial charge on any atom is 0.248 e. The normalized spacial score (nSPS) is 32.0. The molecule has 2 aromatic rings. The molecule has 0 radical (unpaired) electrons. The maximum absolute atomic E-state index is 14.5. The summed E-state index contributed by atoms with van der Waals surface area (Å²) in [4.78, 5) is 47.6. The van der Waals surface area contributed by atoms with Gasteiger partial charge in [-0.2, -0.15) is 0 Å². The Balaban J connectivity index is 1.40. The van der Waals surface area contributed by atoms with Crippen molar-refractivity contribution in [3.05, 3.63) is 48.6 Å². The Kier molecular flexibility index (Phi) is 6.53. The van der Waals surface area contributed by atoms with Crippen molar-refractivity contribution in [1.29, 1.82) is 0 Å². The molecule has 1 N–H and O–H groups in total. The van der Waals surface area contributed by atoms with Crippen LogP contribution in [0.2, 0.25) is 0 Å². The van der Waals surface area contributed by atoms with Crippen LogP contribution in [0.15, 0.2) is 48.6 Å². The van der Waals surface area contributed by atoms with Gasteiger partial charge >= 0.3 is 0 Å². The number of aliphatic hydroxyl groups excluding tert-OH is 1. The molecule has 0 aliphatic carbocycles. The van der Waals surface area contributed by atoms with Crippen LogP contribution in [0.4, 0.5) is 0 Å². The number of aliphatic hydroxyl groups is 1. The number of amides is 3. The number of likely N-dealkylation sites (tertiary alicyclic amines) is 1. The zero-order chi connectivity index (χ0) is 27.4. The van der Waals surface area contributed by atoms with E-state index in [1.807, 2.05) is 49.4 Å². The summed E-state index contributed by atoms with van der Waals surface area (Å²) >= 11 is 1.59. The second-order valence-corrected chi connectivity index (χ2v) is 12.9. The number of carbonyl (C=O) groups excluding carboxylic acids is 3. The number of hydrogen-bond acceptors (Lipinski definition) is 7. The lowest BCUT2D eigenvalue weighted by Crippen LogP contribution is -2.53. The summed E-state index contributed by atoms with van der Waals surface area (Å²) in [5.74, 6) is -1.53. The highest BCUT2D eigenvalue weighted by Gasteiger charge is 2.73. The fourth-order valence-electron chi connectivity index (χ4n) is 6.81. The molecule has 3 amide bonds. The van der Waals surface area contributed by atoms with Crippen LogP contribution in [0.1, 0.15) is 26.2 Å². The van der Waals surface area contributed by atoms with Gasteiger partial charge in [0, 0.05) is 38.0 Å². The van der Waals surface area contributed by atoms with E-state index in [2.05, 4.69) is 16.4 Å². The van der Waals surface area contributed by atoms with Crippen molar-refractivity contribution in [2.24, 2.45) is 11.8 Å². The first-order valence-corrected chi connectivity index (χ1v) is 14.4. The molecule has 10 nitrogen and oxygen atoms in total. The van der Waals surface area contributed by atoms with E-state index in [1.54, 1.807) is 38.2 Å². The number of carbonyl (C=O) groups is 3. The van der Waals surface area contributed by atoms with Crippen LogP contribution in [-0.2, 0) is 21.1 Å². The molecule has 0 saturated carbocycles. The Labute approximate surface area is 231 Å². The smallest absolute Gasteiger partial charge is 0.248 e. The summed E-state index contributed by atoms with van der Waals surface area (Å²) in [5.41, 5.74) is 1.58. The average molecular weight is 551 g/mol. The van der Waals surface area contributed by atoms with Crippen LogP contribution in [0.25, 0.3) is 11.0 Å². The van der Waals surface area contributed by atoms with E-state index in [1.165, 1.54) is 0 Å². The predicted molar refractivity (Wildman–Crippen MR) is 147 cm³/mol. The highest BCUT2D eigenvalue weighted by Crippen LogP contribution is 2.65. The molecule has 1 spiro atoms. The Bertz CT molecular complexity index is 1370. The molecular weight excluding hydrogens is 516 g/mol. The fourth-order valence-corrected chi connectivity index (χ4v) is 8.97. The lowest BCUT2D eigenvalue weighted by Gasteiger charge is -2.36. The van der Waals surface area contributed by atoms with Gasteiger partial charge in [-0.1, -0.05) is 41.7 Å². The molecule has 1 aromatic carbocycles. The molecule has 39 heavy (non-hydrogen) atoms.